The summed E-state index contributed by atoms with van der Waals surface area (Å²) in [5.41, 5.74) is 2.10. The highest BCUT2D eigenvalue weighted by Gasteiger charge is 1.99. The lowest BCUT2D eigenvalue weighted by molar-refractivity contribution is 0.728. The molecule has 14 heavy (non-hydrogen) atoms. The van der Waals surface area contributed by atoms with Crippen molar-refractivity contribution in [3.05, 3.63) is 42.7 Å². The van der Waals surface area contributed by atoms with Crippen LogP contribution in [0.2, 0.25) is 0 Å². The van der Waals surface area contributed by atoms with Gasteiger partial charge in [0.1, 0.15) is 5.82 Å². The monoisotopic (exact) mass is 187 g/mol. The lowest BCUT2D eigenvalue weighted by atomic mass is 10.3. The Labute approximate surface area is 82.9 Å². The molecule has 0 unspecified atom stereocenters. The highest BCUT2D eigenvalue weighted by molar-refractivity contribution is 5.74. The third kappa shape index (κ3) is 1.83. The maximum absolute atomic E-state index is 4.43. The van der Waals surface area contributed by atoms with Crippen LogP contribution in [-0.2, 0) is 6.54 Å². The van der Waals surface area contributed by atoms with E-state index in [1.165, 1.54) is 0 Å². The summed E-state index contributed by atoms with van der Waals surface area (Å²) in [4.78, 5) is 7.68. The molecule has 3 heteroatoms. The highest BCUT2D eigenvalue weighted by atomic mass is 15.0. The summed E-state index contributed by atoms with van der Waals surface area (Å²) >= 11 is 0. The molecular formula is C11H13N3. The van der Waals surface area contributed by atoms with Crippen molar-refractivity contribution in [2.24, 2.45) is 0 Å². The number of H-pyrrole nitrogens is 1. The second-order valence-corrected chi connectivity index (χ2v) is 3.12. The summed E-state index contributed by atoms with van der Waals surface area (Å²) < 4.78 is 0. The average Bonchev–Trinajstić information content (AvgIpc) is 2.60. The van der Waals surface area contributed by atoms with Crippen LogP contribution in [0, 0.1) is 0 Å². The number of rotatable bonds is 4. The van der Waals surface area contributed by atoms with Gasteiger partial charge in [0.2, 0.25) is 0 Å². The molecule has 1 heterocycles. The first-order chi connectivity index (χ1) is 6.90. The van der Waals surface area contributed by atoms with Crippen molar-refractivity contribution < 1.29 is 0 Å². The second-order valence-electron chi connectivity index (χ2n) is 3.12. The van der Waals surface area contributed by atoms with E-state index in [0.29, 0.717) is 0 Å². The molecule has 1 aromatic carbocycles. The molecule has 0 spiro atoms. The summed E-state index contributed by atoms with van der Waals surface area (Å²) in [5, 5.41) is 3.20. The number of hydrogen-bond acceptors (Lipinski definition) is 2. The zero-order valence-electron chi connectivity index (χ0n) is 7.96. The van der Waals surface area contributed by atoms with Gasteiger partial charge in [-0.05, 0) is 12.1 Å². The maximum Gasteiger partial charge on any atom is 0.121 e. The fourth-order valence-electron chi connectivity index (χ4n) is 1.38. The van der Waals surface area contributed by atoms with Crippen molar-refractivity contribution in [2.75, 3.05) is 6.54 Å². The highest BCUT2D eigenvalue weighted by Crippen LogP contribution is 2.09. The fraction of sp³-hybridized carbons (Fsp3) is 0.182. The zero-order valence-corrected chi connectivity index (χ0v) is 7.96. The first-order valence-electron chi connectivity index (χ1n) is 4.65. The van der Waals surface area contributed by atoms with E-state index < -0.39 is 0 Å². The van der Waals surface area contributed by atoms with Crippen LogP contribution in [0.5, 0.6) is 0 Å². The molecule has 0 saturated heterocycles. The molecule has 3 nitrogen and oxygen atoms in total. The van der Waals surface area contributed by atoms with Crippen molar-refractivity contribution >= 4 is 11.0 Å². The van der Waals surface area contributed by atoms with Crippen molar-refractivity contribution in [1.82, 2.24) is 15.3 Å². The molecule has 2 rings (SSSR count). The first-order valence-corrected chi connectivity index (χ1v) is 4.65. The van der Waals surface area contributed by atoms with Crippen LogP contribution in [0.1, 0.15) is 5.82 Å². The molecule has 0 amide bonds. The quantitative estimate of drug-likeness (QED) is 0.566. The SMILES string of the molecule is C=CCNCc1nc2ccccc2[nH]1. The van der Waals surface area contributed by atoms with Crippen LogP contribution in [0.3, 0.4) is 0 Å². The number of para-hydroxylation sites is 2. The summed E-state index contributed by atoms with van der Waals surface area (Å²) in [6.07, 6.45) is 1.84. The fourth-order valence-corrected chi connectivity index (χ4v) is 1.38. The Bertz CT molecular complexity index is 398. The molecule has 2 N–H and O–H groups in total. The largest absolute Gasteiger partial charge is 0.341 e. The third-order valence-corrected chi connectivity index (χ3v) is 2.02. The number of imidazole rings is 1. The molecule has 0 fully saturated rings. The van der Waals surface area contributed by atoms with Gasteiger partial charge in [-0.2, -0.15) is 0 Å². The standard InChI is InChI=1S/C11H13N3/c1-2-7-12-8-11-13-9-5-3-4-6-10(9)14-11/h2-6,12H,1,7-8H2,(H,13,14). The number of benzene rings is 1. The smallest absolute Gasteiger partial charge is 0.121 e. The Hall–Kier alpha value is -1.61. The molecule has 0 aliphatic carbocycles. The van der Waals surface area contributed by atoms with Gasteiger partial charge in [0, 0.05) is 6.54 Å². The molecule has 0 bridgehead atoms. The Morgan fingerprint density at radius 2 is 2.29 bits per heavy atom. The van der Waals surface area contributed by atoms with Crippen LogP contribution >= 0.6 is 0 Å². The van der Waals surface area contributed by atoms with Gasteiger partial charge in [-0.15, -0.1) is 6.58 Å². The summed E-state index contributed by atoms with van der Waals surface area (Å²) in [6, 6.07) is 8.02. The van der Waals surface area contributed by atoms with Gasteiger partial charge in [0.05, 0.1) is 17.6 Å². The lowest BCUT2D eigenvalue weighted by Gasteiger charge is -1.95. The predicted octanol–water partition coefficient (Wildman–Crippen LogP) is 1.84. The van der Waals surface area contributed by atoms with Crippen molar-refractivity contribution in [3.63, 3.8) is 0 Å². The van der Waals surface area contributed by atoms with E-state index in [0.717, 1.165) is 29.9 Å². The number of fused-ring (bicyclic) bond motifs is 1. The molecule has 0 radical (unpaired) electrons. The van der Waals surface area contributed by atoms with Crippen LogP contribution in [0.15, 0.2) is 36.9 Å². The number of hydrogen-bond donors (Lipinski definition) is 2. The van der Waals surface area contributed by atoms with Crippen LogP contribution in [0.4, 0.5) is 0 Å². The Morgan fingerprint density at radius 3 is 3.07 bits per heavy atom. The molecule has 2 aromatic rings. The van der Waals surface area contributed by atoms with Gasteiger partial charge in [0.15, 0.2) is 0 Å². The van der Waals surface area contributed by atoms with Gasteiger partial charge < -0.3 is 10.3 Å². The molecular weight excluding hydrogens is 174 g/mol. The third-order valence-electron chi connectivity index (χ3n) is 2.02. The summed E-state index contributed by atoms with van der Waals surface area (Å²) in [7, 11) is 0. The van der Waals surface area contributed by atoms with Gasteiger partial charge >= 0.3 is 0 Å². The summed E-state index contributed by atoms with van der Waals surface area (Å²) in [6.45, 7) is 5.19. The average molecular weight is 187 g/mol. The Morgan fingerprint density at radius 1 is 1.43 bits per heavy atom. The van der Waals surface area contributed by atoms with E-state index in [1.54, 1.807) is 0 Å². The molecule has 1 aromatic heterocycles. The van der Waals surface area contributed by atoms with E-state index in [4.69, 9.17) is 0 Å². The van der Waals surface area contributed by atoms with E-state index in [2.05, 4.69) is 21.9 Å². The van der Waals surface area contributed by atoms with E-state index in [9.17, 15) is 0 Å². The van der Waals surface area contributed by atoms with Crippen LogP contribution in [-0.4, -0.2) is 16.5 Å². The molecule has 0 aliphatic rings. The molecule has 0 aliphatic heterocycles. The number of nitrogens with one attached hydrogen (secondary N) is 2. The Kier molecular flexibility index (Phi) is 2.60. The van der Waals surface area contributed by atoms with Gasteiger partial charge in [-0.1, -0.05) is 18.2 Å². The number of nitrogens with zero attached hydrogens (tertiary/aromatic N) is 1. The van der Waals surface area contributed by atoms with Gasteiger partial charge in [-0.3, -0.25) is 0 Å². The van der Waals surface area contributed by atoms with E-state index >= 15 is 0 Å². The second kappa shape index (κ2) is 4.07. The maximum atomic E-state index is 4.43. The molecule has 72 valence electrons. The van der Waals surface area contributed by atoms with Crippen molar-refractivity contribution in [2.45, 2.75) is 6.54 Å². The summed E-state index contributed by atoms with van der Waals surface area (Å²) in [5.74, 6) is 0.966. The normalized spacial score (nSPS) is 10.6. The zero-order chi connectivity index (χ0) is 9.80. The molecule has 0 atom stereocenters. The first kappa shape index (κ1) is 8.97. The predicted molar refractivity (Wildman–Crippen MR) is 58.0 cm³/mol. The van der Waals surface area contributed by atoms with Crippen LogP contribution < -0.4 is 5.32 Å². The minimum atomic E-state index is 0.751. The van der Waals surface area contributed by atoms with Crippen molar-refractivity contribution in [1.29, 1.82) is 0 Å². The van der Waals surface area contributed by atoms with Crippen molar-refractivity contribution in [3.8, 4) is 0 Å². The van der Waals surface area contributed by atoms with E-state index in [1.807, 2.05) is 30.3 Å². The minimum Gasteiger partial charge on any atom is -0.341 e. The Balaban J connectivity index is 2.14. The van der Waals surface area contributed by atoms with Crippen LogP contribution in [0.25, 0.3) is 11.0 Å². The number of aromatic nitrogens is 2. The van der Waals surface area contributed by atoms with Gasteiger partial charge in [-0.25, -0.2) is 4.98 Å². The molecule has 0 saturated carbocycles. The van der Waals surface area contributed by atoms with E-state index in [-0.39, 0.29) is 0 Å². The van der Waals surface area contributed by atoms with Gasteiger partial charge in [0.25, 0.3) is 0 Å². The minimum absolute atomic E-state index is 0.751. The number of aromatic amines is 1. The topological polar surface area (TPSA) is 40.7 Å². The lowest BCUT2D eigenvalue weighted by Crippen LogP contribution is -2.13.